The highest BCUT2D eigenvalue weighted by molar-refractivity contribution is 5.94. The van der Waals surface area contributed by atoms with Crippen molar-refractivity contribution in [1.29, 1.82) is 0 Å². The van der Waals surface area contributed by atoms with Crippen LogP contribution in [0.1, 0.15) is 63.3 Å². The Bertz CT molecular complexity index is 747. The van der Waals surface area contributed by atoms with E-state index in [2.05, 4.69) is 5.10 Å². The first-order chi connectivity index (χ1) is 11.9. The highest BCUT2D eigenvalue weighted by atomic mass is 16.7. The van der Waals surface area contributed by atoms with Crippen molar-refractivity contribution in [1.82, 2.24) is 19.7 Å². The fourth-order valence-electron chi connectivity index (χ4n) is 3.46. The lowest BCUT2D eigenvalue weighted by Gasteiger charge is -2.34. The van der Waals surface area contributed by atoms with Gasteiger partial charge in [-0.3, -0.25) is 14.3 Å². The smallest absolute Gasteiger partial charge is 0.410 e. The van der Waals surface area contributed by atoms with Crippen LogP contribution in [0.2, 0.25) is 0 Å². The molecule has 0 bridgehead atoms. The summed E-state index contributed by atoms with van der Waals surface area (Å²) in [6.07, 6.45) is 0.217. The summed E-state index contributed by atoms with van der Waals surface area (Å²) in [6.45, 7) is 12.1. The van der Waals surface area contributed by atoms with Crippen LogP contribution in [-0.4, -0.2) is 56.0 Å². The topological polar surface area (TPSA) is 76.9 Å². The Morgan fingerprint density at radius 3 is 2.62 bits per heavy atom. The summed E-state index contributed by atoms with van der Waals surface area (Å²) in [5.41, 5.74) is 1.02. The Kier molecular flexibility index (Phi) is 4.29. The minimum Gasteiger partial charge on any atom is -0.444 e. The SMILES string of the molecule is C[C@@H]1Cc2nn3c(c2CN1C(=O)OC(C)(C)C)C(=O)N(C)OC(C)(C)C3. The molecular formula is C18H28N4O4. The Labute approximate surface area is 154 Å². The third-order valence-corrected chi connectivity index (χ3v) is 4.51. The second-order valence-electron chi connectivity index (χ2n) is 8.75. The van der Waals surface area contributed by atoms with Crippen molar-refractivity contribution in [3.05, 3.63) is 17.0 Å². The number of nitrogens with zero attached hydrogens (tertiary/aromatic N) is 4. The lowest BCUT2D eigenvalue weighted by atomic mass is 9.99. The predicted octanol–water partition coefficient (Wildman–Crippen LogP) is 2.36. The average molecular weight is 364 g/mol. The van der Waals surface area contributed by atoms with Gasteiger partial charge in [-0.05, 0) is 41.5 Å². The van der Waals surface area contributed by atoms with Crippen LogP contribution in [-0.2, 0) is 29.1 Å². The van der Waals surface area contributed by atoms with Crippen molar-refractivity contribution < 1.29 is 19.2 Å². The first-order valence-electron chi connectivity index (χ1n) is 8.93. The number of carbonyl (C=O) groups is 2. The van der Waals surface area contributed by atoms with Gasteiger partial charge < -0.3 is 9.64 Å². The minimum absolute atomic E-state index is 0.0476. The van der Waals surface area contributed by atoms with Gasteiger partial charge >= 0.3 is 6.09 Å². The lowest BCUT2D eigenvalue weighted by Crippen LogP contribution is -2.45. The van der Waals surface area contributed by atoms with Gasteiger partial charge in [-0.1, -0.05) is 0 Å². The van der Waals surface area contributed by atoms with Crippen LogP contribution in [0, 0.1) is 0 Å². The van der Waals surface area contributed by atoms with Crippen LogP contribution in [0.25, 0.3) is 0 Å². The summed E-state index contributed by atoms with van der Waals surface area (Å²) < 4.78 is 7.25. The first kappa shape index (κ1) is 18.7. The zero-order valence-corrected chi connectivity index (χ0v) is 16.6. The summed E-state index contributed by atoms with van der Waals surface area (Å²) in [4.78, 5) is 32.8. The van der Waals surface area contributed by atoms with E-state index in [0.717, 1.165) is 11.3 Å². The van der Waals surface area contributed by atoms with E-state index in [-0.39, 0.29) is 18.0 Å². The van der Waals surface area contributed by atoms with Gasteiger partial charge in [-0.25, -0.2) is 9.86 Å². The molecule has 0 N–H and O–H groups in total. The van der Waals surface area contributed by atoms with Crippen LogP contribution in [0.15, 0.2) is 0 Å². The Morgan fingerprint density at radius 1 is 1.35 bits per heavy atom. The molecule has 3 heterocycles. The fraction of sp³-hybridized carbons (Fsp3) is 0.722. The highest BCUT2D eigenvalue weighted by Gasteiger charge is 2.40. The van der Waals surface area contributed by atoms with Gasteiger partial charge in [0.05, 0.1) is 18.8 Å². The summed E-state index contributed by atoms with van der Waals surface area (Å²) in [6, 6.07) is -0.0476. The number of amides is 2. The van der Waals surface area contributed by atoms with Crippen molar-refractivity contribution in [2.75, 3.05) is 7.05 Å². The molecule has 1 aromatic rings. The zero-order chi connectivity index (χ0) is 19.4. The van der Waals surface area contributed by atoms with Crippen molar-refractivity contribution >= 4 is 12.0 Å². The standard InChI is InChI=1S/C18H28N4O4/c1-11-8-13-12(9-21(11)16(24)25-17(2,3)4)14-15(23)20(7)26-18(5,6)10-22(14)19-13/h11H,8-10H2,1-7H3/t11-/m1/s1. The molecule has 0 unspecified atom stereocenters. The molecule has 0 radical (unpaired) electrons. The molecule has 0 aromatic carbocycles. The number of hydroxylamine groups is 2. The predicted molar refractivity (Wildman–Crippen MR) is 94.4 cm³/mol. The molecule has 8 nitrogen and oxygen atoms in total. The molecule has 0 fully saturated rings. The number of hydrogen-bond donors (Lipinski definition) is 0. The number of carbonyl (C=O) groups excluding carboxylic acids is 2. The monoisotopic (exact) mass is 364 g/mol. The summed E-state index contributed by atoms with van der Waals surface area (Å²) >= 11 is 0. The van der Waals surface area contributed by atoms with Crippen molar-refractivity contribution in [2.24, 2.45) is 0 Å². The molecule has 0 saturated heterocycles. The van der Waals surface area contributed by atoms with E-state index in [0.29, 0.717) is 25.2 Å². The van der Waals surface area contributed by atoms with E-state index in [1.54, 1.807) is 16.6 Å². The van der Waals surface area contributed by atoms with Crippen LogP contribution >= 0.6 is 0 Å². The number of ether oxygens (including phenoxy) is 1. The normalized spacial score (nSPS) is 22.6. The van der Waals surface area contributed by atoms with Gasteiger partial charge in [-0.2, -0.15) is 5.10 Å². The van der Waals surface area contributed by atoms with Crippen molar-refractivity contribution in [3.63, 3.8) is 0 Å². The van der Waals surface area contributed by atoms with Crippen LogP contribution in [0.5, 0.6) is 0 Å². The van der Waals surface area contributed by atoms with Crippen LogP contribution in [0.4, 0.5) is 4.79 Å². The molecule has 144 valence electrons. The largest absolute Gasteiger partial charge is 0.444 e. The maximum absolute atomic E-state index is 12.8. The molecule has 8 heteroatoms. The second-order valence-corrected chi connectivity index (χ2v) is 8.75. The second kappa shape index (κ2) is 5.97. The van der Waals surface area contributed by atoms with E-state index < -0.39 is 11.2 Å². The summed E-state index contributed by atoms with van der Waals surface area (Å²) in [7, 11) is 1.61. The van der Waals surface area contributed by atoms with Crippen LogP contribution in [0.3, 0.4) is 0 Å². The van der Waals surface area contributed by atoms with E-state index in [1.165, 1.54) is 5.06 Å². The quantitative estimate of drug-likeness (QED) is 0.706. The fourth-order valence-corrected chi connectivity index (χ4v) is 3.46. The van der Waals surface area contributed by atoms with Gasteiger partial charge in [0, 0.05) is 25.1 Å². The lowest BCUT2D eigenvalue weighted by molar-refractivity contribution is -0.190. The maximum Gasteiger partial charge on any atom is 0.410 e. The number of hydrogen-bond acceptors (Lipinski definition) is 5. The van der Waals surface area contributed by atoms with Gasteiger partial charge in [0.15, 0.2) is 0 Å². The minimum atomic E-state index is -0.569. The molecule has 2 amide bonds. The Morgan fingerprint density at radius 2 is 2.00 bits per heavy atom. The number of aromatic nitrogens is 2. The van der Waals surface area contributed by atoms with Gasteiger partial charge in [0.25, 0.3) is 5.91 Å². The molecule has 1 aromatic heterocycles. The van der Waals surface area contributed by atoms with Crippen molar-refractivity contribution in [2.45, 2.75) is 78.3 Å². The molecule has 0 aliphatic carbocycles. The molecule has 2 aliphatic rings. The van der Waals surface area contributed by atoms with E-state index in [9.17, 15) is 9.59 Å². The Hall–Kier alpha value is -2.09. The first-order valence-corrected chi connectivity index (χ1v) is 8.93. The van der Waals surface area contributed by atoms with Gasteiger partial charge in [0.1, 0.15) is 16.9 Å². The highest BCUT2D eigenvalue weighted by Crippen LogP contribution is 2.31. The zero-order valence-electron chi connectivity index (χ0n) is 16.6. The molecule has 0 saturated carbocycles. The third kappa shape index (κ3) is 3.42. The van der Waals surface area contributed by atoms with E-state index >= 15 is 0 Å². The van der Waals surface area contributed by atoms with E-state index in [1.807, 2.05) is 41.5 Å². The molecular weight excluding hydrogens is 336 g/mol. The molecule has 2 aliphatic heterocycles. The number of fused-ring (bicyclic) bond motifs is 3. The average Bonchev–Trinajstić information content (AvgIpc) is 2.74. The number of rotatable bonds is 0. The third-order valence-electron chi connectivity index (χ3n) is 4.51. The molecule has 3 rings (SSSR count). The van der Waals surface area contributed by atoms with Crippen molar-refractivity contribution in [3.8, 4) is 0 Å². The van der Waals surface area contributed by atoms with Gasteiger partial charge in [-0.15, -0.1) is 0 Å². The Balaban J connectivity index is 1.97. The van der Waals surface area contributed by atoms with Gasteiger partial charge in [0.2, 0.25) is 0 Å². The molecule has 0 spiro atoms. The van der Waals surface area contributed by atoms with E-state index in [4.69, 9.17) is 9.57 Å². The summed E-state index contributed by atoms with van der Waals surface area (Å²) in [5, 5.41) is 5.92. The molecule has 26 heavy (non-hydrogen) atoms. The molecule has 1 atom stereocenters. The summed E-state index contributed by atoms with van der Waals surface area (Å²) in [5.74, 6) is -0.247. The maximum atomic E-state index is 12.8. The van der Waals surface area contributed by atoms with Crippen LogP contribution < -0.4 is 0 Å².